The Labute approximate surface area is 278 Å². The highest BCUT2D eigenvalue weighted by atomic mass is 32.2. The number of fused-ring (bicyclic) bond motifs is 1. The Morgan fingerprint density at radius 3 is 2.50 bits per heavy atom. The van der Waals surface area contributed by atoms with Crippen LogP contribution >= 0.6 is 0 Å². The van der Waals surface area contributed by atoms with Crippen molar-refractivity contribution < 1.29 is 41.3 Å². The Morgan fingerprint density at radius 2 is 1.81 bits per heavy atom. The van der Waals surface area contributed by atoms with Crippen LogP contribution in [0, 0.1) is 11.8 Å². The van der Waals surface area contributed by atoms with Crippen LogP contribution in [0.25, 0.3) is 10.9 Å². The van der Waals surface area contributed by atoms with Crippen molar-refractivity contribution in [3.63, 3.8) is 0 Å². The first-order valence-electron chi connectivity index (χ1n) is 15.9. The molecule has 0 spiro atoms. The lowest BCUT2D eigenvalue weighted by molar-refractivity contribution is -0.140. The Balaban J connectivity index is 1.29. The van der Waals surface area contributed by atoms with E-state index in [-0.39, 0.29) is 41.6 Å². The summed E-state index contributed by atoms with van der Waals surface area (Å²) in [6.07, 6.45) is -2.52. The number of alkyl halides is 3. The maximum Gasteiger partial charge on any atom is 0.406 e. The molecule has 3 heterocycles. The van der Waals surface area contributed by atoms with Gasteiger partial charge in [-0.3, -0.25) is 0 Å². The summed E-state index contributed by atoms with van der Waals surface area (Å²) in [5.74, 6) is 6.07. The second kappa shape index (κ2) is 15.8. The minimum Gasteiger partial charge on any atom is -0.495 e. The van der Waals surface area contributed by atoms with Crippen LogP contribution in [0.15, 0.2) is 47.4 Å². The van der Waals surface area contributed by atoms with Gasteiger partial charge in [-0.1, -0.05) is 12.0 Å². The molecule has 262 valence electrons. The average molecular weight is 694 g/mol. The maximum absolute atomic E-state index is 13.7. The Hall–Kier alpha value is -3.52. The quantitative estimate of drug-likeness (QED) is 0.181. The highest BCUT2D eigenvalue weighted by molar-refractivity contribution is 7.89. The van der Waals surface area contributed by atoms with Crippen molar-refractivity contribution in [2.24, 2.45) is 0 Å². The maximum atomic E-state index is 13.7. The van der Waals surface area contributed by atoms with Gasteiger partial charge in [0.05, 0.1) is 48.2 Å². The van der Waals surface area contributed by atoms with Crippen molar-refractivity contribution in [1.82, 2.24) is 14.2 Å². The number of hydrogen-bond donors (Lipinski definition) is 5. The molecule has 2 aliphatic rings. The zero-order valence-corrected chi connectivity index (χ0v) is 27.5. The Morgan fingerprint density at radius 1 is 1.06 bits per heavy atom. The van der Waals surface area contributed by atoms with Crippen LogP contribution in [-0.4, -0.2) is 106 Å². The fourth-order valence-corrected chi connectivity index (χ4v) is 7.38. The Kier molecular flexibility index (Phi) is 11.8. The highest BCUT2D eigenvalue weighted by Crippen LogP contribution is 2.32. The van der Waals surface area contributed by atoms with Gasteiger partial charge in [0.15, 0.2) is 0 Å². The van der Waals surface area contributed by atoms with Crippen LogP contribution in [0.5, 0.6) is 5.75 Å². The molecule has 11 nitrogen and oxygen atoms in total. The van der Waals surface area contributed by atoms with Gasteiger partial charge in [0.1, 0.15) is 12.3 Å². The van der Waals surface area contributed by atoms with Gasteiger partial charge < -0.3 is 39.8 Å². The topological polar surface area (TPSA) is 137 Å². The number of piperidine rings is 1. The second-order valence-electron chi connectivity index (χ2n) is 12.1. The fraction of sp³-hybridized carbons (Fsp3) is 0.515. The van der Waals surface area contributed by atoms with Crippen molar-refractivity contribution >= 4 is 32.3 Å². The zero-order chi connectivity index (χ0) is 34.3. The highest BCUT2D eigenvalue weighted by Gasteiger charge is 2.30. The van der Waals surface area contributed by atoms with E-state index in [1.807, 2.05) is 6.07 Å². The summed E-state index contributed by atoms with van der Waals surface area (Å²) >= 11 is 0. The van der Waals surface area contributed by atoms with Crippen LogP contribution in [0.2, 0.25) is 0 Å². The van der Waals surface area contributed by atoms with Crippen molar-refractivity contribution in [3.05, 3.63) is 48.2 Å². The van der Waals surface area contributed by atoms with Gasteiger partial charge in [-0.2, -0.15) is 13.2 Å². The molecule has 0 radical (unpaired) electrons. The number of methoxy groups -OCH3 is 1. The van der Waals surface area contributed by atoms with Gasteiger partial charge >= 0.3 is 6.18 Å². The van der Waals surface area contributed by atoms with E-state index in [0.29, 0.717) is 49.2 Å². The summed E-state index contributed by atoms with van der Waals surface area (Å²) in [6, 6.07) is 11.2. The lowest BCUT2D eigenvalue weighted by Crippen LogP contribution is -2.43. The normalized spacial score (nSPS) is 17.5. The molecule has 0 aliphatic carbocycles. The molecule has 5 N–H and O–H groups in total. The average Bonchev–Trinajstić information content (AvgIpc) is 3.40. The van der Waals surface area contributed by atoms with E-state index in [2.05, 4.69) is 32.1 Å². The third kappa shape index (κ3) is 9.34. The van der Waals surface area contributed by atoms with Gasteiger partial charge in [-0.15, -0.1) is 0 Å². The molecule has 1 unspecified atom stereocenters. The molecule has 15 heteroatoms. The van der Waals surface area contributed by atoms with Crippen LogP contribution < -0.4 is 20.1 Å². The third-order valence-corrected chi connectivity index (χ3v) is 10.0. The number of hydrogen-bond acceptors (Lipinski definition) is 9. The number of halogens is 3. The molecule has 1 aromatic heterocycles. The molecule has 1 atom stereocenters. The number of benzene rings is 2. The van der Waals surface area contributed by atoms with Crippen molar-refractivity contribution in [2.75, 3.05) is 63.7 Å². The summed E-state index contributed by atoms with van der Waals surface area (Å²) in [6.45, 7) is 1.40. The third-order valence-electron chi connectivity index (χ3n) is 8.52. The Bertz CT molecular complexity index is 1710. The number of nitrogens with zero attached hydrogens (tertiary/aromatic N) is 2. The number of anilines is 2. The fourth-order valence-electron chi connectivity index (χ4n) is 6.06. The first kappa shape index (κ1) is 35.8. The molecule has 2 aliphatic heterocycles. The molecule has 3 aromatic rings. The van der Waals surface area contributed by atoms with E-state index >= 15 is 0 Å². The van der Waals surface area contributed by atoms with Crippen LogP contribution in [0.3, 0.4) is 0 Å². The molecular weight excluding hydrogens is 651 g/mol. The number of sulfonamides is 1. The molecule has 48 heavy (non-hydrogen) atoms. The van der Waals surface area contributed by atoms with Crippen LogP contribution in [-0.2, 0) is 21.3 Å². The SMILES string of the molecule is COc1cc(S(=O)(=O)NC2CCOCC2)ccc1NCC#Cc1cc2c(NC3CCN(CC(O)CO)CC3)cccc2n1CC(F)(F)F. The van der Waals surface area contributed by atoms with Crippen LogP contribution in [0.4, 0.5) is 24.5 Å². The smallest absolute Gasteiger partial charge is 0.406 e. The minimum atomic E-state index is -4.47. The predicted molar refractivity (Wildman–Crippen MR) is 177 cm³/mol. The van der Waals surface area contributed by atoms with Gasteiger partial charge in [0.2, 0.25) is 10.0 Å². The van der Waals surface area contributed by atoms with E-state index in [9.17, 15) is 26.7 Å². The van der Waals surface area contributed by atoms with Crippen LogP contribution in [0.1, 0.15) is 31.4 Å². The molecular formula is C33H42F3N5O6S. The summed E-state index contributed by atoms with van der Waals surface area (Å²) in [4.78, 5) is 2.13. The number of aliphatic hydroxyl groups is 2. The number of aliphatic hydroxyl groups excluding tert-OH is 2. The molecule has 2 aromatic carbocycles. The van der Waals surface area contributed by atoms with Gasteiger partial charge in [0.25, 0.3) is 0 Å². The number of ether oxygens (including phenoxy) is 2. The van der Waals surface area contributed by atoms with E-state index in [1.54, 1.807) is 24.3 Å². The molecule has 2 saturated heterocycles. The molecule has 0 amide bonds. The molecule has 0 bridgehead atoms. The lowest BCUT2D eigenvalue weighted by Gasteiger charge is -2.33. The first-order valence-corrected chi connectivity index (χ1v) is 17.4. The largest absolute Gasteiger partial charge is 0.495 e. The van der Waals surface area contributed by atoms with Crippen molar-refractivity contribution in [1.29, 1.82) is 0 Å². The number of likely N-dealkylation sites (tertiary alicyclic amines) is 1. The summed E-state index contributed by atoms with van der Waals surface area (Å²) < 4.78 is 81.6. The number of nitrogens with one attached hydrogen (secondary N) is 3. The second-order valence-corrected chi connectivity index (χ2v) is 13.8. The zero-order valence-electron chi connectivity index (χ0n) is 26.7. The lowest BCUT2D eigenvalue weighted by atomic mass is 10.0. The van der Waals surface area contributed by atoms with Gasteiger partial charge in [-0.25, -0.2) is 13.1 Å². The minimum absolute atomic E-state index is 0.0506. The number of β-amino-alcohol motifs (C(OH)–C–C–N with tert-alkyl or cyclic N) is 1. The number of aromatic nitrogens is 1. The van der Waals surface area contributed by atoms with E-state index in [4.69, 9.17) is 14.6 Å². The van der Waals surface area contributed by atoms with Crippen molar-refractivity contribution in [3.8, 4) is 17.6 Å². The molecule has 0 saturated carbocycles. The van der Waals surface area contributed by atoms with E-state index in [0.717, 1.165) is 36.2 Å². The summed E-state index contributed by atoms with van der Waals surface area (Å²) in [5, 5.41) is 26.1. The molecule has 2 fully saturated rings. The summed E-state index contributed by atoms with van der Waals surface area (Å²) in [7, 11) is -2.37. The monoisotopic (exact) mass is 693 g/mol. The van der Waals surface area contributed by atoms with Gasteiger partial charge in [0, 0.05) is 62.1 Å². The van der Waals surface area contributed by atoms with E-state index < -0.39 is 28.8 Å². The van der Waals surface area contributed by atoms with Gasteiger partial charge in [-0.05, 0) is 61.9 Å². The predicted octanol–water partition coefficient (Wildman–Crippen LogP) is 3.36. The number of rotatable bonds is 12. The van der Waals surface area contributed by atoms with E-state index in [1.165, 1.54) is 19.2 Å². The van der Waals surface area contributed by atoms with Crippen molar-refractivity contribution in [2.45, 2.75) is 61.5 Å². The summed E-state index contributed by atoms with van der Waals surface area (Å²) in [5.41, 5.74) is 1.82. The molecule has 5 rings (SSSR count). The standard InChI is InChI=1S/C33H42F3N5O6S/c1-46-32-19-27(48(44,45)39-24-11-16-47-17-12-24)7-8-30(32)37-13-3-4-25-18-28-29(5-2-6-31(28)41(25)22-33(34,35)36)38-23-9-14-40(15-10-23)20-26(43)21-42/h2,5-8,18-19,23-24,26,37-39,42-43H,9-17,20-22H2,1H3. The first-order chi connectivity index (χ1) is 23.0.